The van der Waals surface area contributed by atoms with Crippen molar-refractivity contribution in [1.29, 1.82) is 0 Å². The second-order valence-corrected chi connectivity index (χ2v) is 7.21. The Morgan fingerprint density at radius 3 is 2.66 bits per heavy atom. The smallest absolute Gasteiger partial charge is 0.241 e. The van der Waals surface area contributed by atoms with Gasteiger partial charge in [-0.2, -0.15) is 0 Å². The molecule has 1 aliphatic rings. The fourth-order valence-electron chi connectivity index (χ4n) is 3.70. The first-order valence-corrected chi connectivity index (χ1v) is 9.54. The summed E-state index contributed by atoms with van der Waals surface area (Å²) in [5, 5.41) is 2.88. The highest BCUT2D eigenvalue weighted by Crippen LogP contribution is 2.33. The van der Waals surface area contributed by atoms with Gasteiger partial charge in [0.1, 0.15) is 0 Å². The summed E-state index contributed by atoms with van der Waals surface area (Å²) in [6.45, 7) is 2.62. The zero-order chi connectivity index (χ0) is 21.0. The number of hydrogen-bond acceptors (Lipinski definition) is 5. The van der Waals surface area contributed by atoms with E-state index in [4.69, 9.17) is 9.47 Å². The van der Waals surface area contributed by atoms with Crippen LogP contribution in [0.3, 0.4) is 0 Å². The van der Waals surface area contributed by atoms with Crippen LogP contribution in [-0.4, -0.2) is 50.6 Å². The van der Waals surface area contributed by atoms with Gasteiger partial charge in [0.2, 0.25) is 11.8 Å². The lowest BCUT2D eigenvalue weighted by atomic mass is 10.1. The van der Waals surface area contributed by atoms with E-state index < -0.39 is 0 Å². The minimum atomic E-state index is -0.231. The van der Waals surface area contributed by atoms with Crippen LogP contribution in [0, 0.1) is 0 Å². The Morgan fingerprint density at radius 2 is 1.93 bits per heavy atom. The molecule has 154 valence electrons. The predicted molar refractivity (Wildman–Crippen MR) is 113 cm³/mol. The molecule has 0 radical (unpaired) electrons. The van der Waals surface area contributed by atoms with E-state index in [1.54, 1.807) is 19.1 Å². The maximum Gasteiger partial charge on any atom is 0.241 e. The molecule has 0 fully saturated rings. The van der Waals surface area contributed by atoms with Gasteiger partial charge in [-0.1, -0.05) is 24.3 Å². The van der Waals surface area contributed by atoms with E-state index in [1.165, 1.54) is 0 Å². The van der Waals surface area contributed by atoms with Gasteiger partial charge in [0, 0.05) is 24.6 Å². The van der Waals surface area contributed by atoms with E-state index in [2.05, 4.69) is 5.32 Å². The average molecular weight is 397 g/mol. The molecule has 0 saturated carbocycles. The lowest BCUT2D eigenvalue weighted by Gasteiger charge is -2.30. The molecule has 0 unspecified atom stereocenters. The number of rotatable bonds is 6. The van der Waals surface area contributed by atoms with Crippen LogP contribution in [0.4, 0.5) is 11.4 Å². The number of carbonyl (C=O) groups excluding carboxylic acids is 2. The lowest BCUT2D eigenvalue weighted by Crippen LogP contribution is -2.44. The predicted octanol–water partition coefficient (Wildman–Crippen LogP) is 2.90. The normalized spacial score (nSPS) is 16.1. The molecule has 2 aromatic rings. The summed E-state index contributed by atoms with van der Waals surface area (Å²) in [7, 11) is 5.09. The minimum absolute atomic E-state index is 0.0641. The third-order valence-corrected chi connectivity index (χ3v) is 4.96. The van der Waals surface area contributed by atoms with Gasteiger partial charge in [0.25, 0.3) is 0 Å². The molecule has 29 heavy (non-hydrogen) atoms. The molecule has 7 nitrogen and oxygen atoms in total. The summed E-state index contributed by atoms with van der Waals surface area (Å²) in [4.78, 5) is 29.0. The van der Waals surface area contributed by atoms with Gasteiger partial charge < -0.3 is 19.7 Å². The second kappa shape index (κ2) is 8.96. The van der Waals surface area contributed by atoms with E-state index in [1.807, 2.05) is 61.3 Å². The number of carbonyl (C=O) groups is 2. The molecule has 7 heteroatoms. The SMILES string of the molecule is COc1cccc(CN(C)CC(=O)N2c3ccccc3NC(=O)C[C@H]2C)c1OC. The molecule has 3 rings (SSSR count). The molecule has 0 saturated heterocycles. The number of ether oxygens (including phenoxy) is 2. The highest BCUT2D eigenvalue weighted by Gasteiger charge is 2.30. The Morgan fingerprint density at radius 1 is 1.17 bits per heavy atom. The molecule has 2 amide bonds. The fourth-order valence-corrected chi connectivity index (χ4v) is 3.70. The molecule has 1 atom stereocenters. The molecule has 0 aliphatic carbocycles. The number of methoxy groups -OCH3 is 2. The van der Waals surface area contributed by atoms with Crippen molar-refractivity contribution in [2.24, 2.45) is 0 Å². The Hall–Kier alpha value is -3.06. The Bertz CT molecular complexity index is 899. The molecule has 0 spiro atoms. The number of para-hydroxylation sites is 3. The van der Waals surface area contributed by atoms with E-state index >= 15 is 0 Å². The summed E-state index contributed by atoms with van der Waals surface area (Å²) >= 11 is 0. The number of benzene rings is 2. The zero-order valence-electron chi connectivity index (χ0n) is 17.3. The molecule has 1 aliphatic heterocycles. The van der Waals surface area contributed by atoms with Crippen molar-refractivity contribution >= 4 is 23.2 Å². The first-order valence-electron chi connectivity index (χ1n) is 9.54. The summed E-state index contributed by atoms with van der Waals surface area (Å²) < 4.78 is 10.8. The molecule has 0 bridgehead atoms. The van der Waals surface area contributed by atoms with Gasteiger partial charge in [-0.3, -0.25) is 14.5 Å². The van der Waals surface area contributed by atoms with Crippen LogP contribution < -0.4 is 19.7 Å². The Labute approximate surface area is 171 Å². The lowest BCUT2D eigenvalue weighted by molar-refractivity contribution is -0.120. The quantitative estimate of drug-likeness (QED) is 0.812. The highest BCUT2D eigenvalue weighted by atomic mass is 16.5. The Balaban J connectivity index is 1.79. The van der Waals surface area contributed by atoms with Crippen molar-refractivity contribution in [2.75, 3.05) is 38.0 Å². The first-order chi connectivity index (χ1) is 13.9. The number of anilines is 2. The molecule has 1 heterocycles. The van der Waals surface area contributed by atoms with Crippen molar-refractivity contribution in [3.8, 4) is 11.5 Å². The third-order valence-electron chi connectivity index (χ3n) is 4.96. The van der Waals surface area contributed by atoms with Crippen LogP contribution in [0.25, 0.3) is 0 Å². The van der Waals surface area contributed by atoms with Crippen LogP contribution in [0.5, 0.6) is 11.5 Å². The highest BCUT2D eigenvalue weighted by molar-refractivity contribution is 6.04. The van der Waals surface area contributed by atoms with Crippen LogP contribution in [0.2, 0.25) is 0 Å². The van der Waals surface area contributed by atoms with Crippen LogP contribution in [0.1, 0.15) is 18.9 Å². The first kappa shape index (κ1) is 20.7. The zero-order valence-corrected chi connectivity index (χ0v) is 17.3. The van der Waals surface area contributed by atoms with Gasteiger partial charge in [-0.15, -0.1) is 0 Å². The van der Waals surface area contributed by atoms with Crippen molar-refractivity contribution in [3.63, 3.8) is 0 Å². The number of hydrogen-bond donors (Lipinski definition) is 1. The minimum Gasteiger partial charge on any atom is -0.493 e. The average Bonchev–Trinajstić information content (AvgIpc) is 2.81. The topological polar surface area (TPSA) is 71.1 Å². The standard InChI is InChI=1S/C22H27N3O4/c1-15-12-20(26)23-17-9-5-6-10-18(17)25(15)21(27)14-24(2)13-16-8-7-11-19(28-3)22(16)29-4/h5-11,15H,12-14H2,1-4H3,(H,23,26)/t15-/m1/s1. The third kappa shape index (κ3) is 4.51. The van der Waals surface area contributed by atoms with Gasteiger partial charge in [0.05, 0.1) is 32.1 Å². The monoisotopic (exact) mass is 397 g/mol. The van der Waals surface area contributed by atoms with Crippen molar-refractivity contribution in [3.05, 3.63) is 48.0 Å². The van der Waals surface area contributed by atoms with E-state index in [0.29, 0.717) is 23.7 Å². The van der Waals surface area contributed by atoms with Gasteiger partial charge in [0.15, 0.2) is 11.5 Å². The van der Waals surface area contributed by atoms with Crippen LogP contribution in [0.15, 0.2) is 42.5 Å². The van der Waals surface area contributed by atoms with Gasteiger partial charge in [-0.25, -0.2) is 0 Å². The number of nitrogens with one attached hydrogen (secondary N) is 1. The largest absolute Gasteiger partial charge is 0.493 e. The van der Waals surface area contributed by atoms with Crippen LogP contribution >= 0.6 is 0 Å². The number of amides is 2. The second-order valence-electron chi connectivity index (χ2n) is 7.21. The van der Waals surface area contributed by atoms with E-state index in [0.717, 1.165) is 11.3 Å². The van der Waals surface area contributed by atoms with Gasteiger partial charge >= 0.3 is 0 Å². The molecule has 2 aromatic carbocycles. The van der Waals surface area contributed by atoms with Crippen molar-refractivity contribution < 1.29 is 19.1 Å². The molecular weight excluding hydrogens is 370 g/mol. The number of nitrogens with zero attached hydrogens (tertiary/aromatic N) is 2. The molecular formula is C22H27N3O4. The van der Waals surface area contributed by atoms with E-state index in [-0.39, 0.29) is 30.8 Å². The van der Waals surface area contributed by atoms with Crippen LogP contribution in [-0.2, 0) is 16.1 Å². The maximum absolute atomic E-state index is 13.2. The van der Waals surface area contributed by atoms with Crippen molar-refractivity contribution in [2.45, 2.75) is 25.9 Å². The summed E-state index contributed by atoms with van der Waals surface area (Å²) in [5.74, 6) is 1.17. The fraction of sp³-hybridized carbons (Fsp3) is 0.364. The van der Waals surface area contributed by atoms with Crippen molar-refractivity contribution in [1.82, 2.24) is 4.90 Å². The molecule has 1 N–H and O–H groups in total. The number of likely N-dealkylation sites (N-methyl/N-ethyl adjacent to an activating group) is 1. The van der Waals surface area contributed by atoms with Gasteiger partial charge in [-0.05, 0) is 32.2 Å². The molecule has 0 aromatic heterocycles. The maximum atomic E-state index is 13.2. The summed E-state index contributed by atoms with van der Waals surface area (Å²) in [5.41, 5.74) is 2.32. The van der Waals surface area contributed by atoms with E-state index in [9.17, 15) is 9.59 Å². The summed E-state index contributed by atoms with van der Waals surface area (Å²) in [6.07, 6.45) is 0.258. The Kier molecular flexibility index (Phi) is 6.39. The summed E-state index contributed by atoms with van der Waals surface area (Å²) in [6, 6.07) is 12.9. The number of fused-ring (bicyclic) bond motifs is 1.